The first-order chi connectivity index (χ1) is 11.7. The number of oxazole rings is 1. The molecule has 2 N–H and O–H groups in total. The Kier molecular flexibility index (Phi) is 5.28. The van der Waals surface area contributed by atoms with Gasteiger partial charge in [-0.3, -0.25) is 0 Å². The van der Waals surface area contributed by atoms with E-state index in [0.29, 0.717) is 25.4 Å². The van der Waals surface area contributed by atoms with E-state index < -0.39 is 0 Å². The maximum atomic E-state index is 11.8. The Bertz CT molecular complexity index is 782. The van der Waals surface area contributed by atoms with E-state index in [9.17, 15) is 4.79 Å². The number of rotatable bonds is 6. The third-order valence-corrected chi connectivity index (χ3v) is 4.43. The fraction of sp³-hybridized carbons (Fsp3) is 0.222. The zero-order valence-corrected chi connectivity index (χ0v) is 14.2. The van der Waals surface area contributed by atoms with Crippen molar-refractivity contribution in [3.63, 3.8) is 0 Å². The molecule has 0 atom stereocenters. The van der Waals surface area contributed by atoms with E-state index in [1.807, 2.05) is 54.8 Å². The molecular formula is C18H19N3O2S. The molecule has 24 heavy (non-hydrogen) atoms. The molecule has 2 heterocycles. The molecule has 3 aromatic rings. The van der Waals surface area contributed by atoms with Crippen molar-refractivity contribution < 1.29 is 9.21 Å². The number of carbonyl (C=O) groups excluding carboxylic acids is 1. The van der Waals surface area contributed by atoms with Gasteiger partial charge in [0.05, 0.1) is 10.6 Å². The second-order valence-corrected chi connectivity index (χ2v) is 6.29. The lowest BCUT2D eigenvalue weighted by Crippen LogP contribution is -2.36. The summed E-state index contributed by atoms with van der Waals surface area (Å²) in [5, 5.41) is 7.67. The van der Waals surface area contributed by atoms with E-state index in [4.69, 9.17) is 4.42 Å². The first-order valence-electron chi connectivity index (χ1n) is 7.78. The Labute approximate surface area is 144 Å². The molecule has 0 fully saturated rings. The molecule has 5 nitrogen and oxygen atoms in total. The van der Waals surface area contributed by atoms with Crippen molar-refractivity contribution in [2.24, 2.45) is 0 Å². The minimum absolute atomic E-state index is 0.182. The molecule has 0 aliphatic rings. The fourth-order valence-electron chi connectivity index (χ4n) is 2.30. The number of benzene rings is 1. The van der Waals surface area contributed by atoms with E-state index in [0.717, 1.165) is 21.9 Å². The van der Waals surface area contributed by atoms with Gasteiger partial charge in [0.15, 0.2) is 0 Å². The third kappa shape index (κ3) is 4.23. The molecule has 2 amide bonds. The highest BCUT2D eigenvalue weighted by Crippen LogP contribution is 2.25. The van der Waals surface area contributed by atoms with E-state index >= 15 is 0 Å². The van der Waals surface area contributed by atoms with Crippen molar-refractivity contribution in [2.75, 3.05) is 6.54 Å². The fourth-order valence-corrected chi connectivity index (χ4v) is 2.95. The summed E-state index contributed by atoms with van der Waals surface area (Å²) in [6.45, 7) is 2.92. The van der Waals surface area contributed by atoms with Crippen LogP contribution >= 0.6 is 11.3 Å². The largest absolute Gasteiger partial charge is 0.440 e. The Morgan fingerprint density at radius 2 is 2.00 bits per heavy atom. The van der Waals surface area contributed by atoms with Gasteiger partial charge in [-0.15, -0.1) is 11.3 Å². The van der Waals surface area contributed by atoms with Gasteiger partial charge in [0.2, 0.25) is 5.89 Å². The molecule has 0 unspecified atom stereocenters. The van der Waals surface area contributed by atoms with Crippen molar-refractivity contribution in [2.45, 2.75) is 19.9 Å². The average molecular weight is 341 g/mol. The Morgan fingerprint density at radius 3 is 2.75 bits per heavy atom. The first-order valence-corrected chi connectivity index (χ1v) is 8.66. The Hall–Kier alpha value is -2.60. The zero-order valence-electron chi connectivity index (χ0n) is 13.4. The number of hydrogen-bond acceptors (Lipinski definition) is 4. The number of urea groups is 1. The lowest BCUT2D eigenvalue weighted by Gasteiger charge is -2.07. The van der Waals surface area contributed by atoms with Gasteiger partial charge < -0.3 is 15.1 Å². The van der Waals surface area contributed by atoms with Gasteiger partial charge in [-0.25, -0.2) is 9.78 Å². The van der Waals surface area contributed by atoms with Crippen LogP contribution in [0.2, 0.25) is 0 Å². The summed E-state index contributed by atoms with van der Waals surface area (Å²) in [4.78, 5) is 17.3. The summed E-state index contributed by atoms with van der Waals surface area (Å²) in [6.07, 6.45) is 0.638. The maximum absolute atomic E-state index is 11.8. The number of aromatic nitrogens is 1. The van der Waals surface area contributed by atoms with Gasteiger partial charge in [-0.05, 0) is 23.9 Å². The number of thiophene rings is 1. The molecule has 2 aromatic heterocycles. The number of amides is 2. The number of aryl methyl sites for hydroxylation is 1. The summed E-state index contributed by atoms with van der Waals surface area (Å²) in [5.41, 5.74) is 1.95. The Balaban J connectivity index is 1.45. The van der Waals surface area contributed by atoms with Gasteiger partial charge in [0.25, 0.3) is 0 Å². The second-order valence-electron chi connectivity index (χ2n) is 5.34. The van der Waals surface area contributed by atoms with Crippen molar-refractivity contribution in [3.8, 4) is 10.8 Å². The lowest BCUT2D eigenvalue weighted by molar-refractivity contribution is 0.240. The predicted octanol–water partition coefficient (Wildman–Crippen LogP) is 3.75. The van der Waals surface area contributed by atoms with E-state index in [-0.39, 0.29) is 6.03 Å². The van der Waals surface area contributed by atoms with Gasteiger partial charge >= 0.3 is 6.03 Å². The normalized spacial score (nSPS) is 10.5. The molecule has 3 rings (SSSR count). The molecule has 0 aliphatic heterocycles. The van der Waals surface area contributed by atoms with Crippen molar-refractivity contribution >= 4 is 17.4 Å². The minimum atomic E-state index is -0.182. The molecule has 124 valence electrons. The topological polar surface area (TPSA) is 67.2 Å². The third-order valence-electron chi connectivity index (χ3n) is 3.57. The van der Waals surface area contributed by atoms with Crippen LogP contribution in [0.4, 0.5) is 4.79 Å². The summed E-state index contributed by atoms with van der Waals surface area (Å²) < 4.78 is 5.69. The molecular weight excluding hydrogens is 322 g/mol. The predicted molar refractivity (Wildman–Crippen MR) is 94.9 cm³/mol. The maximum Gasteiger partial charge on any atom is 0.315 e. The Morgan fingerprint density at radius 1 is 1.17 bits per heavy atom. The van der Waals surface area contributed by atoms with Gasteiger partial charge in [-0.1, -0.05) is 36.4 Å². The molecule has 1 aromatic carbocycles. The van der Waals surface area contributed by atoms with Crippen LogP contribution < -0.4 is 10.6 Å². The average Bonchev–Trinajstić information content (AvgIpc) is 3.24. The number of hydrogen-bond donors (Lipinski definition) is 2. The second kappa shape index (κ2) is 7.79. The van der Waals surface area contributed by atoms with E-state index in [1.165, 1.54) is 0 Å². The van der Waals surface area contributed by atoms with Crippen LogP contribution in [0.3, 0.4) is 0 Å². The monoisotopic (exact) mass is 341 g/mol. The van der Waals surface area contributed by atoms with Crippen LogP contribution in [0.15, 0.2) is 52.3 Å². The highest BCUT2D eigenvalue weighted by atomic mass is 32.1. The summed E-state index contributed by atoms with van der Waals surface area (Å²) in [5.74, 6) is 1.44. The molecule has 0 saturated heterocycles. The van der Waals surface area contributed by atoms with Crippen LogP contribution in [0.5, 0.6) is 0 Å². The highest BCUT2D eigenvalue weighted by Gasteiger charge is 2.12. The van der Waals surface area contributed by atoms with Gasteiger partial charge in [-0.2, -0.15) is 0 Å². The summed E-state index contributed by atoms with van der Waals surface area (Å²) in [6, 6.07) is 13.6. The lowest BCUT2D eigenvalue weighted by atomic mass is 10.2. The SMILES string of the molecule is Cc1oc(-c2cccs2)nc1CCNC(=O)NCc1ccccc1. The van der Waals surface area contributed by atoms with E-state index in [2.05, 4.69) is 15.6 Å². The van der Waals surface area contributed by atoms with Crippen LogP contribution in [-0.4, -0.2) is 17.6 Å². The number of carbonyl (C=O) groups is 1. The molecule has 0 spiro atoms. The quantitative estimate of drug-likeness (QED) is 0.717. The van der Waals surface area contributed by atoms with Crippen molar-refractivity contribution in [1.29, 1.82) is 0 Å². The molecule has 0 aliphatic carbocycles. The number of nitrogens with one attached hydrogen (secondary N) is 2. The first kappa shape index (κ1) is 16.3. The number of nitrogens with zero attached hydrogens (tertiary/aromatic N) is 1. The standard InChI is InChI=1S/C18H19N3O2S/c1-13-15(21-17(23-13)16-8-5-11-24-16)9-10-19-18(22)20-12-14-6-3-2-4-7-14/h2-8,11H,9-10,12H2,1H3,(H2,19,20,22). The van der Waals surface area contributed by atoms with Crippen LogP contribution in [-0.2, 0) is 13.0 Å². The smallest absolute Gasteiger partial charge is 0.315 e. The van der Waals surface area contributed by atoms with E-state index in [1.54, 1.807) is 11.3 Å². The summed E-state index contributed by atoms with van der Waals surface area (Å²) >= 11 is 1.60. The molecule has 6 heteroatoms. The minimum Gasteiger partial charge on any atom is -0.440 e. The van der Waals surface area contributed by atoms with Crippen molar-refractivity contribution in [3.05, 3.63) is 64.9 Å². The van der Waals surface area contributed by atoms with Crippen LogP contribution in [0.1, 0.15) is 17.0 Å². The highest BCUT2D eigenvalue weighted by molar-refractivity contribution is 7.13. The van der Waals surface area contributed by atoms with Gasteiger partial charge in [0, 0.05) is 19.5 Å². The molecule has 0 radical (unpaired) electrons. The van der Waals surface area contributed by atoms with Crippen molar-refractivity contribution in [1.82, 2.24) is 15.6 Å². The molecule has 0 saturated carbocycles. The van der Waals surface area contributed by atoms with Crippen LogP contribution in [0.25, 0.3) is 10.8 Å². The molecule has 0 bridgehead atoms. The summed E-state index contributed by atoms with van der Waals surface area (Å²) in [7, 11) is 0. The zero-order chi connectivity index (χ0) is 16.8. The van der Waals surface area contributed by atoms with Gasteiger partial charge in [0.1, 0.15) is 5.76 Å². The van der Waals surface area contributed by atoms with Crippen LogP contribution in [0, 0.1) is 6.92 Å².